The van der Waals surface area contributed by atoms with Crippen LogP contribution in [0.15, 0.2) is 91.0 Å². The van der Waals surface area contributed by atoms with E-state index in [1.807, 2.05) is 83.8 Å². The number of non-ortho nitro benzene ring substituents is 1. The highest BCUT2D eigenvalue weighted by atomic mass is 16.6. The predicted molar refractivity (Wildman–Crippen MR) is 151 cm³/mol. The molecule has 1 atom stereocenters. The summed E-state index contributed by atoms with van der Waals surface area (Å²) in [4.78, 5) is 26.5. The summed E-state index contributed by atoms with van der Waals surface area (Å²) in [6, 6.07) is 27.3. The van der Waals surface area contributed by atoms with Crippen LogP contribution in [0.4, 0.5) is 5.69 Å². The van der Waals surface area contributed by atoms with Crippen molar-refractivity contribution in [2.75, 3.05) is 20.8 Å². The van der Waals surface area contributed by atoms with E-state index in [2.05, 4.69) is 0 Å². The van der Waals surface area contributed by atoms with Gasteiger partial charge in [-0.1, -0.05) is 54.6 Å². The van der Waals surface area contributed by atoms with E-state index in [-0.39, 0.29) is 11.6 Å². The van der Waals surface area contributed by atoms with Gasteiger partial charge in [0.15, 0.2) is 11.5 Å². The van der Waals surface area contributed by atoms with Crippen LogP contribution in [0.3, 0.4) is 0 Å². The number of benzene rings is 4. The van der Waals surface area contributed by atoms with Crippen LogP contribution < -0.4 is 9.47 Å². The Morgan fingerprint density at radius 3 is 2.10 bits per heavy atom. The van der Waals surface area contributed by atoms with Crippen LogP contribution in [0.2, 0.25) is 0 Å². The quantitative estimate of drug-likeness (QED) is 0.156. The average Bonchev–Trinajstić information content (AvgIpc) is 2.99. The number of nitro benzene ring substituents is 1. The molecule has 0 N–H and O–H groups in total. The van der Waals surface area contributed by atoms with Crippen LogP contribution in [0.5, 0.6) is 11.5 Å². The smallest absolute Gasteiger partial charge is 0.269 e. The molecule has 1 heterocycles. The first-order chi connectivity index (χ1) is 19.0. The summed E-state index contributed by atoms with van der Waals surface area (Å²) in [6.07, 6.45) is 4.69. The Morgan fingerprint density at radius 2 is 1.49 bits per heavy atom. The number of methoxy groups -OCH3 is 2. The van der Waals surface area contributed by atoms with E-state index in [1.54, 1.807) is 26.4 Å². The molecule has 5 rings (SSSR count). The molecule has 0 saturated heterocycles. The van der Waals surface area contributed by atoms with Crippen molar-refractivity contribution in [3.05, 3.63) is 134 Å². The summed E-state index contributed by atoms with van der Waals surface area (Å²) < 4.78 is 11.1. The summed E-state index contributed by atoms with van der Waals surface area (Å²) in [6.45, 7) is 0.485. The van der Waals surface area contributed by atoms with Crippen LogP contribution in [-0.4, -0.2) is 36.5 Å². The van der Waals surface area contributed by atoms with Crippen LogP contribution >= 0.6 is 0 Å². The Kier molecular flexibility index (Phi) is 7.41. The molecule has 0 aliphatic carbocycles. The van der Waals surface area contributed by atoms with Gasteiger partial charge >= 0.3 is 0 Å². The minimum absolute atomic E-state index is 0.000817. The summed E-state index contributed by atoms with van der Waals surface area (Å²) in [5.41, 5.74) is 5.39. The Morgan fingerprint density at radius 1 is 0.872 bits per heavy atom. The van der Waals surface area contributed by atoms with Gasteiger partial charge < -0.3 is 14.4 Å². The fourth-order valence-corrected chi connectivity index (χ4v) is 4.96. The molecule has 0 spiro atoms. The van der Waals surface area contributed by atoms with Gasteiger partial charge in [0, 0.05) is 24.2 Å². The van der Waals surface area contributed by atoms with Gasteiger partial charge in [0.05, 0.1) is 25.2 Å². The monoisotopic (exact) mass is 520 g/mol. The molecule has 1 amide bonds. The highest BCUT2D eigenvalue weighted by Gasteiger charge is 2.34. The zero-order chi connectivity index (χ0) is 27.4. The lowest BCUT2D eigenvalue weighted by Gasteiger charge is -2.38. The number of nitrogens with zero attached hydrogens (tertiary/aromatic N) is 2. The Balaban J connectivity index is 1.49. The summed E-state index contributed by atoms with van der Waals surface area (Å²) in [7, 11) is 3.17. The van der Waals surface area contributed by atoms with Gasteiger partial charge in [-0.05, 0) is 70.6 Å². The number of carbonyl (C=O) groups is 1. The number of nitro groups is 1. The first-order valence-corrected chi connectivity index (χ1v) is 12.6. The highest BCUT2D eigenvalue weighted by Crippen LogP contribution is 2.41. The molecule has 7 heteroatoms. The van der Waals surface area contributed by atoms with Gasteiger partial charge in [0.2, 0.25) is 0 Å². The van der Waals surface area contributed by atoms with E-state index in [9.17, 15) is 14.9 Å². The standard InChI is InChI=1S/C32H28N2O5/c1-38-29-20-26-18-19-33(31(28(26)21-30(29)39-2)24-14-16-27(17-15-24)34(36)37)32(35)25-12-10-23(11-13-25)9-8-22-6-4-3-5-7-22/h3-17,20-21,31H,18-19H2,1-2H3/b9-8+. The Labute approximate surface area is 227 Å². The Hall–Kier alpha value is -4.91. The van der Waals surface area contributed by atoms with Crippen LogP contribution in [-0.2, 0) is 6.42 Å². The Bertz CT molecular complexity index is 1510. The van der Waals surface area contributed by atoms with Crippen molar-refractivity contribution in [1.29, 1.82) is 0 Å². The van der Waals surface area contributed by atoms with Crippen LogP contribution in [0, 0.1) is 10.1 Å². The molecule has 1 unspecified atom stereocenters. The maximum atomic E-state index is 13.9. The third-order valence-electron chi connectivity index (χ3n) is 6.98. The van der Waals surface area contributed by atoms with E-state index >= 15 is 0 Å². The van der Waals surface area contributed by atoms with Crippen LogP contribution in [0.1, 0.15) is 44.2 Å². The number of rotatable bonds is 7. The fraction of sp³-hybridized carbons (Fsp3) is 0.156. The van der Waals surface area contributed by atoms with Crippen molar-refractivity contribution in [2.24, 2.45) is 0 Å². The molecule has 0 fully saturated rings. The molecular formula is C32H28N2O5. The lowest BCUT2D eigenvalue weighted by atomic mass is 9.87. The van der Waals surface area contributed by atoms with E-state index in [4.69, 9.17) is 9.47 Å². The second-order valence-electron chi connectivity index (χ2n) is 9.27. The number of fused-ring (bicyclic) bond motifs is 1. The largest absolute Gasteiger partial charge is 0.493 e. The first kappa shape index (κ1) is 25.7. The predicted octanol–water partition coefficient (Wildman–Crippen LogP) is 6.57. The van der Waals surface area contributed by atoms with Crippen molar-refractivity contribution >= 4 is 23.7 Å². The van der Waals surface area contributed by atoms with Gasteiger partial charge in [-0.2, -0.15) is 0 Å². The zero-order valence-corrected chi connectivity index (χ0v) is 21.7. The molecule has 0 aromatic heterocycles. The maximum absolute atomic E-state index is 13.9. The van der Waals surface area contributed by atoms with Crippen molar-refractivity contribution in [2.45, 2.75) is 12.5 Å². The van der Waals surface area contributed by atoms with Gasteiger partial charge in [-0.15, -0.1) is 0 Å². The summed E-state index contributed by atoms with van der Waals surface area (Å²) in [5, 5.41) is 11.3. The fourth-order valence-electron chi connectivity index (χ4n) is 4.96. The maximum Gasteiger partial charge on any atom is 0.269 e. The SMILES string of the molecule is COc1cc2c(cc1OC)C(c1ccc([N+](=O)[O-])cc1)N(C(=O)c1ccc(/C=C/c3ccccc3)cc1)CC2. The highest BCUT2D eigenvalue weighted by molar-refractivity contribution is 5.95. The molecule has 0 bridgehead atoms. The molecule has 7 nitrogen and oxygen atoms in total. The minimum Gasteiger partial charge on any atom is -0.493 e. The molecule has 1 aliphatic heterocycles. The number of hydrogen-bond acceptors (Lipinski definition) is 5. The molecule has 4 aromatic rings. The molecule has 196 valence electrons. The van der Waals surface area contributed by atoms with E-state index < -0.39 is 11.0 Å². The summed E-state index contributed by atoms with van der Waals surface area (Å²) >= 11 is 0. The van der Waals surface area contributed by atoms with Gasteiger partial charge in [0.1, 0.15) is 0 Å². The molecule has 0 radical (unpaired) electrons. The van der Waals surface area contributed by atoms with Gasteiger partial charge in [-0.25, -0.2) is 0 Å². The van der Waals surface area contributed by atoms with E-state index in [0.29, 0.717) is 30.0 Å². The molecule has 39 heavy (non-hydrogen) atoms. The van der Waals surface area contributed by atoms with E-state index in [1.165, 1.54) is 12.1 Å². The number of amides is 1. The van der Waals surface area contributed by atoms with Gasteiger partial charge in [-0.3, -0.25) is 14.9 Å². The van der Waals surface area contributed by atoms with Crippen molar-refractivity contribution < 1.29 is 19.2 Å². The number of ether oxygens (including phenoxy) is 2. The third-order valence-corrected chi connectivity index (χ3v) is 6.98. The first-order valence-electron chi connectivity index (χ1n) is 12.6. The molecule has 4 aromatic carbocycles. The number of hydrogen-bond donors (Lipinski definition) is 0. The van der Waals surface area contributed by atoms with Crippen molar-refractivity contribution in [3.8, 4) is 11.5 Å². The van der Waals surface area contributed by atoms with Crippen molar-refractivity contribution in [1.82, 2.24) is 4.90 Å². The minimum atomic E-state index is -0.445. The topological polar surface area (TPSA) is 81.9 Å². The normalized spacial score (nSPS) is 14.6. The zero-order valence-electron chi connectivity index (χ0n) is 21.7. The van der Waals surface area contributed by atoms with E-state index in [0.717, 1.165) is 27.8 Å². The second-order valence-corrected chi connectivity index (χ2v) is 9.27. The lowest BCUT2D eigenvalue weighted by Crippen LogP contribution is -2.40. The molecule has 1 aliphatic rings. The van der Waals surface area contributed by atoms with Crippen molar-refractivity contribution in [3.63, 3.8) is 0 Å². The van der Waals surface area contributed by atoms with Gasteiger partial charge in [0.25, 0.3) is 11.6 Å². The average molecular weight is 521 g/mol. The molecular weight excluding hydrogens is 492 g/mol. The number of carbonyl (C=O) groups excluding carboxylic acids is 1. The summed E-state index contributed by atoms with van der Waals surface area (Å²) in [5.74, 6) is 1.07. The third kappa shape index (κ3) is 5.38. The second kappa shape index (κ2) is 11.2. The van der Waals surface area contributed by atoms with Crippen LogP contribution in [0.25, 0.3) is 12.2 Å². The lowest BCUT2D eigenvalue weighted by molar-refractivity contribution is -0.384. The molecule has 0 saturated carbocycles.